The van der Waals surface area contributed by atoms with Crippen molar-refractivity contribution in [3.63, 3.8) is 0 Å². The lowest BCUT2D eigenvalue weighted by atomic mass is 9.80. The van der Waals surface area contributed by atoms with E-state index in [0.717, 1.165) is 0 Å². The topological polar surface area (TPSA) is 105 Å². The minimum absolute atomic E-state index is 0.0533. The summed E-state index contributed by atoms with van der Waals surface area (Å²) < 4.78 is 10.4. The maximum Gasteiger partial charge on any atom is 0.311 e. The van der Waals surface area contributed by atoms with Gasteiger partial charge < -0.3 is 24.8 Å². The van der Waals surface area contributed by atoms with Crippen LogP contribution in [0.3, 0.4) is 0 Å². The number of carboxylic acids is 1. The number of hydrogen-bond acceptors (Lipinski definition) is 5. The Kier molecular flexibility index (Phi) is 5.65. The molecular weight excluding hydrogens is 352 g/mol. The molecule has 2 saturated heterocycles. The number of nitrogens with zero attached hydrogens (tertiary/aromatic N) is 1. The number of methoxy groups -OCH3 is 1. The Labute approximate surface area is 157 Å². The minimum Gasteiger partial charge on any atom is -0.497 e. The lowest BCUT2D eigenvalue weighted by Crippen LogP contribution is -2.48. The normalized spacial score (nSPS) is 21.7. The fourth-order valence-corrected chi connectivity index (χ4v) is 3.52. The molecule has 0 aromatic heterocycles. The van der Waals surface area contributed by atoms with Gasteiger partial charge in [0.05, 0.1) is 18.4 Å². The lowest BCUT2D eigenvalue weighted by Gasteiger charge is -2.33. The van der Waals surface area contributed by atoms with Gasteiger partial charge in [0, 0.05) is 38.4 Å². The molecule has 1 unspecified atom stereocenters. The molecule has 27 heavy (non-hydrogen) atoms. The highest BCUT2D eigenvalue weighted by molar-refractivity contribution is 6.00. The first-order valence-corrected chi connectivity index (χ1v) is 8.98. The molecule has 0 saturated carbocycles. The number of nitrogens with one attached hydrogen (secondary N) is 1. The Balaban J connectivity index is 1.60. The fraction of sp³-hybridized carbons (Fsp3) is 0.526. The molecular formula is C19H24N2O6. The zero-order valence-electron chi connectivity index (χ0n) is 15.3. The number of carbonyl (C=O) groups excluding carboxylic acids is 2. The van der Waals surface area contributed by atoms with Gasteiger partial charge in [0.15, 0.2) is 0 Å². The number of ether oxygens (including phenoxy) is 2. The quantitative estimate of drug-likeness (QED) is 0.769. The fourth-order valence-electron chi connectivity index (χ4n) is 3.52. The summed E-state index contributed by atoms with van der Waals surface area (Å²) in [5, 5.41) is 12.3. The standard InChI is InChI=1S/C19H24N2O6/c1-26-15-4-2-14(3-5-15)21-11-13(10-16(21)22)17(23)20-12-19(18(24)25)6-8-27-9-7-19/h2-5,13H,6-12H2,1H3,(H,20,23)(H,24,25). The second-order valence-electron chi connectivity index (χ2n) is 7.02. The molecule has 2 N–H and O–H groups in total. The van der Waals surface area contributed by atoms with E-state index in [1.165, 1.54) is 0 Å². The summed E-state index contributed by atoms with van der Waals surface area (Å²) in [5.74, 6) is -1.14. The largest absolute Gasteiger partial charge is 0.497 e. The Morgan fingerprint density at radius 2 is 1.96 bits per heavy atom. The summed E-state index contributed by atoms with van der Waals surface area (Å²) in [6.07, 6.45) is 0.843. The second-order valence-corrected chi connectivity index (χ2v) is 7.02. The van der Waals surface area contributed by atoms with Crippen molar-refractivity contribution in [1.29, 1.82) is 0 Å². The molecule has 2 aliphatic heterocycles. The Morgan fingerprint density at radius 3 is 2.56 bits per heavy atom. The number of aliphatic carboxylic acids is 1. The first-order valence-electron chi connectivity index (χ1n) is 8.98. The van der Waals surface area contributed by atoms with Crippen LogP contribution in [0, 0.1) is 11.3 Å². The van der Waals surface area contributed by atoms with Gasteiger partial charge in [-0.2, -0.15) is 0 Å². The Hall–Kier alpha value is -2.61. The van der Waals surface area contributed by atoms with Gasteiger partial charge >= 0.3 is 5.97 Å². The monoisotopic (exact) mass is 376 g/mol. The summed E-state index contributed by atoms with van der Waals surface area (Å²) in [7, 11) is 1.57. The summed E-state index contributed by atoms with van der Waals surface area (Å²) in [4.78, 5) is 38.1. The van der Waals surface area contributed by atoms with Crippen LogP contribution in [-0.4, -0.2) is 56.3 Å². The van der Waals surface area contributed by atoms with Crippen LogP contribution in [0.2, 0.25) is 0 Å². The zero-order chi connectivity index (χ0) is 19.4. The number of hydrogen-bond donors (Lipinski definition) is 2. The molecule has 0 radical (unpaired) electrons. The number of rotatable bonds is 6. The zero-order valence-corrected chi connectivity index (χ0v) is 15.3. The third kappa shape index (κ3) is 4.05. The predicted molar refractivity (Wildman–Crippen MR) is 96.6 cm³/mol. The second kappa shape index (κ2) is 7.96. The molecule has 8 heteroatoms. The molecule has 2 fully saturated rings. The molecule has 8 nitrogen and oxygen atoms in total. The van der Waals surface area contributed by atoms with Gasteiger partial charge in [-0.15, -0.1) is 0 Å². The van der Waals surface area contributed by atoms with E-state index < -0.39 is 17.3 Å². The lowest BCUT2D eigenvalue weighted by molar-refractivity contribution is -0.154. The van der Waals surface area contributed by atoms with E-state index >= 15 is 0 Å². The minimum atomic E-state index is -0.994. The molecule has 1 aromatic carbocycles. The SMILES string of the molecule is COc1ccc(N2CC(C(=O)NCC3(C(=O)O)CCOCC3)CC2=O)cc1. The van der Waals surface area contributed by atoms with Crippen LogP contribution in [0.5, 0.6) is 5.75 Å². The number of benzene rings is 1. The smallest absolute Gasteiger partial charge is 0.311 e. The van der Waals surface area contributed by atoms with Crippen molar-refractivity contribution < 1.29 is 29.0 Å². The van der Waals surface area contributed by atoms with Crippen molar-refractivity contribution in [2.24, 2.45) is 11.3 Å². The molecule has 0 bridgehead atoms. The van der Waals surface area contributed by atoms with Gasteiger partial charge in [0.2, 0.25) is 11.8 Å². The number of carbonyl (C=O) groups is 3. The summed E-state index contributed by atoms with van der Waals surface area (Å²) in [5.41, 5.74) is -0.283. The van der Waals surface area contributed by atoms with E-state index in [1.807, 2.05) is 0 Å². The average molecular weight is 376 g/mol. The van der Waals surface area contributed by atoms with Crippen LogP contribution < -0.4 is 15.0 Å². The highest BCUT2D eigenvalue weighted by Gasteiger charge is 2.42. The van der Waals surface area contributed by atoms with Crippen molar-refractivity contribution in [3.8, 4) is 5.75 Å². The molecule has 1 atom stereocenters. The van der Waals surface area contributed by atoms with E-state index in [-0.39, 0.29) is 31.3 Å². The molecule has 2 amide bonds. The number of amides is 2. The highest BCUT2D eigenvalue weighted by atomic mass is 16.5. The summed E-state index contributed by atoms with van der Waals surface area (Å²) >= 11 is 0. The average Bonchev–Trinajstić information content (AvgIpc) is 3.08. The molecule has 0 aliphatic carbocycles. The molecule has 3 rings (SSSR count). The molecule has 0 spiro atoms. The van der Waals surface area contributed by atoms with Crippen molar-refractivity contribution in [2.45, 2.75) is 19.3 Å². The van der Waals surface area contributed by atoms with Crippen LogP contribution in [0.15, 0.2) is 24.3 Å². The summed E-state index contributed by atoms with van der Waals surface area (Å²) in [6, 6.07) is 7.08. The molecule has 146 valence electrons. The van der Waals surface area contributed by atoms with Gasteiger partial charge in [0.25, 0.3) is 0 Å². The molecule has 1 aromatic rings. The molecule has 2 aliphatic rings. The first-order chi connectivity index (χ1) is 12.9. The van der Waals surface area contributed by atoms with Gasteiger partial charge in [0.1, 0.15) is 5.75 Å². The first kappa shape index (κ1) is 19.2. The van der Waals surface area contributed by atoms with E-state index in [2.05, 4.69) is 5.32 Å². The third-order valence-corrected chi connectivity index (χ3v) is 5.38. The molecule has 2 heterocycles. The van der Waals surface area contributed by atoms with Crippen molar-refractivity contribution >= 4 is 23.5 Å². The van der Waals surface area contributed by atoms with Crippen LogP contribution in [0.1, 0.15) is 19.3 Å². The van der Waals surface area contributed by atoms with E-state index in [4.69, 9.17) is 9.47 Å². The van der Waals surface area contributed by atoms with Crippen molar-refractivity contribution in [2.75, 3.05) is 38.3 Å². The van der Waals surface area contributed by atoms with Gasteiger partial charge in [-0.25, -0.2) is 0 Å². The van der Waals surface area contributed by atoms with Crippen molar-refractivity contribution in [1.82, 2.24) is 5.32 Å². The maximum absolute atomic E-state index is 12.5. The summed E-state index contributed by atoms with van der Waals surface area (Å²) in [6.45, 7) is 1.07. The number of carboxylic acid groups (broad SMARTS) is 1. The van der Waals surface area contributed by atoms with Gasteiger partial charge in [-0.1, -0.05) is 0 Å². The van der Waals surface area contributed by atoms with Crippen LogP contribution >= 0.6 is 0 Å². The Bertz CT molecular complexity index is 711. The third-order valence-electron chi connectivity index (χ3n) is 5.38. The Morgan fingerprint density at radius 1 is 1.30 bits per heavy atom. The van der Waals surface area contributed by atoms with Crippen LogP contribution in [0.4, 0.5) is 5.69 Å². The van der Waals surface area contributed by atoms with Gasteiger partial charge in [-0.05, 0) is 37.1 Å². The highest BCUT2D eigenvalue weighted by Crippen LogP contribution is 2.31. The number of anilines is 1. The maximum atomic E-state index is 12.5. The van der Waals surface area contributed by atoms with Crippen molar-refractivity contribution in [3.05, 3.63) is 24.3 Å². The van der Waals surface area contributed by atoms with Gasteiger partial charge in [-0.3, -0.25) is 14.4 Å². The predicted octanol–water partition coefficient (Wildman–Crippen LogP) is 1.05. The van der Waals surface area contributed by atoms with Crippen LogP contribution in [0.25, 0.3) is 0 Å². The van der Waals surface area contributed by atoms with Crippen LogP contribution in [-0.2, 0) is 19.1 Å². The van der Waals surface area contributed by atoms with E-state index in [1.54, 1.807) is 36.3 Å². The van der Waals surface area contributed by atoms with E-state index in [0.29, 0.717) is 37.5 Å². The van der Waals surface area contributed by atoms with E-state index in [9.17, 15) is 19.5 Å².